The first-order valence-corrected chi connectivity index (χ1v) is 16.2. The van der Waals surface area contributed by atoms with Crippen LogP contribution in [0.2, 0.25) is 0 Å². The van der Waals surface area contributed by atoms with E-state index in [1.54, 1.807) is 47.6 Å². The molecule has 0 bridgehead atoms. The molecule has 1 fully saturated rings. The van der Waals surface area contributed by atoms with Crippen LogP contribution in [0.1, 0.15) is 24.8 Å². The number of hydrogen-bond donors (Lipinski definition) is 2. The summed E-state index contributed by atoms with van der Waals surface area (Å²) in [6.07, 6.45) is 6.55. The van der Waals surface area contributed by atoms with E-state index in [1.807, 2.05) is 29.2 Å². The van der Waals surface area contributed by atoms with E-state index in [9.17, 15) is 14.0 Å². The van der Waals surface area contributed by atoms with Gasteiger partial charge in [-0.2, -0.15) is 5.10 Å². The van der Waals surface area contributed by atoms with Gasteiger partial charge in [-0.05, 0) is 79.4 Å². The summed E-state index contributed by atoms with van der Waals surface area (Å²) in [7, 11) is 1.54. The van der Waals surface area contributed by atoms with Gasteiger partial charge in [-0.25, -0.2) is 18.7 Å². The Balaban J connectivity index is 0.941. The first kappa shape index (κ1) is 32.2. The minimum Gasteiger partial charge on any atom is -0.368 e. The van der Waals surface area contributed by atoms with Crippen molar-refractivity contribution in [1.29, 1.82) is 0 Å². The Morgan fingerprint density at radius 2 is 1.71 bits per heavy atom. The van der Waals surface area contributed by atoms with Gasteiger partial charge in [0.25, 0.3) is 5.91 Å². The van der Waals surface area contributed by atoms with E-state index in [4.69, 9.17) is 4.74 Å². The van der Waals surface area contributed by atoms with Crippen molar-refractivity contribution in [2.24, 2.45) is 0 Å². The number of nitrogens with one attached hydrogen (secondary N) is 2. The van der Waals surface area contributed by atoms with E-state index in [0.717, 1.165) is 22.0 Å². The molecule has 2 aromatic heterocycles. The van der Waals surface area contributed by atoms with Crippen LogP contribution in [-0.2, 0) is 14.3 Å². The van der Waals surface area contributed by atoms with Crippen molar-refractivity contribution >= 4 is 34.0 Å². The number of H-pyrrole nitrogens is 1. The van der Waals surface area contributed by atoms with Crippen molar-refractivity contribution in [3.8, 4) is 22.6 Å². The van der Waals surface area contributed by atoms with Crippen LogP contribution < -0.4 is 5.32 Å². The number of carbonyl (C=O) groups excluding carboxylic acids is 2. The number of halogens is 2. The highest BCUT2D eigenvalue weighted by Crippen LogP contribution is 2.32. The number of likely N-dealkylation sites (tertiary alicyclic amines) is 1. The van der Waals surface area contributed by atoms with Gasteiger partial charge >= 0.3 is 0 Å². The summed E-state index contributed by atoms with van der Waals surface area (Å²) in [6, 6.07) is 18.3. The topological polar surface area (TPSA) is 116 Å². The number of hydrogen-bond acceptors (Lipinski definition) is 7. The maximum Gasteiger partial charge on any atom is 0.256 e. The number of fused-ring (bicyclic) bond motifs is 1. The molecule has 5 aromatic rings. The van der Waals surface area contributed by atoms with Crippen LogP contribution in [-0.4, -0.2) is 87.2 Å². The number of benzene rings is 3. The lowest BCUT2D eigenvalue weighted by molar-refractivity contribution is -0.145. The molecule has 49 heavy (non-hydrogen) atoms. The third kappa shape index (κ3) is 6.70. The van der Waals surface area contributed by atoms with Gasteiger partial charge in [-0.1, -0.05) is 18.2 Å². The molecule has 0 radical (unpaired) electrons. The zero-order chi connectivity index (χ0) is 34.0. The standard InChI is InChI=1S/C37H35F2N7O3/c1-49-37(36(48)42-28-8-10-32-30(22-28)34(44-43-32)25-3-6-27(38)7-4-25)13-19-45(20-14-37)23-33(47)46-17-11-24(12-18-46)29-9-5-26(21-31(29)39)35-40-15-2-16-41-35/h2-11,15-16,21-22H,12-14,17-20,23H2,1H3,(H,42,48)(H,43,44). The average Bonchev–Trinajstić information content (AvgIpc) is 3.56. The number of aromatic amines is 1. The smallest absolute Gasteiger partial charge is 0.256 e. The fourth-order valence-corrected chi connectivity index (χ4v) is 6.56. The third-order valence-electron chi connectivity index (χ3n) is 9.47. The molecule has 2 aliphatic heterocycles. The van der Waals surface area contributed by atoms with Crippen LogP contribution in [0.3, 0.4) is 0 Å². The molecule has 7 rings (SSSR count). The summed E-state index contributed by atoms with van der Waals surface area (Å²) < 4.78 is 34.4. The SMILES string of the molecule is COC1(C(=O)Nc2ccc3[nH]nc(-c4ccc(F)cc4)c3c2)CCN(CC(=O)N2CC=C(c3ccc(-c4ncccn4)cc3F)CC2)CC1. The maximum atomic E-state index is 15.1. The van der Waals surface area contributed by atoms with Crippen molar-refractivity contribution in [1.82, 2.24) is 30.0 Å². The first-order chi connectivity index (χ1) is 23.8. The van der Waals surface area contributed by atoms with Gasteiger partial charge < -0.3 is 15.0 Å². The molecule has 3 aromatic carbocycles. The zero-order valence-corrected chi connectivity index (χ0v) is 27.0. The van der Waals surface area contributed by atoms with E-state index < -0.39 is 5.60 Å². The summed E-state index contributed by atoms with van der Waals surface area (Å²) in [5, 5.41) is 11.2. The molecule has 2 aliphatic rings. The van der Waals surface area contributed by atoms with Gasteiger partial charge in [0.1, 0.15) is 17.2 Å². The van der Waals surface area contributed by atoms with Gasteiger partial charge in [0.2, 0.25) is 5.91 Å². The maximum absolute atomic E-state index is 15.1. The van der Waals surface area contributed by atoms with Crippen LogP contribution in [0.4, 0.5) is 14.5 Å². The minimum atomic E-state index is -1.04. The van der Waals surface area contributed by atoms with E-state index in [-0.39, 0.29) is 30.0 Å². The first-order valence-electron chi connectivity index (χ1n) is 16.2. The predicted molar refractivity (Wildman–Crippen MR) is 182 cm³/mol. The number of aromatic nitrogens is 4. The second-order valence-corrected chi connectivity index (χ2v) is 12.4. The highest BCUT2D eigenvalue weighted by atomic mass is 19.1. The quantitative estimate of drug-likeness (QED) is 0.219. The molecule has 4 heterocycles. The van der Waals surface area contributed by atoms with Gasteiger partial charge in [-0.15, -0.1) is 0 Å². The Kier molecular flexibility index (Phi) is 8.98. The second-order valence-electron chi connectivity index (χ2n) is 12.4. The van der Waals surface area contributed by atoms with Crippen LogP contribution in [0.5, 0.6) is 0 Å². The van der Waals surface area contributed by atoms with Crippen molar-refractivity contribution in [3.63, 3.8) is 0 Å². The number of piperidine rings is 1. The van der Waals surface area contributed by atoms with Gasteiger partial charge in [-0.3, -0.25) is 19.6 Å². The van der Waals surface area contributed by atoms with Crippen molar-refractivity contribution < 1.29 is 23.1 Å². The Labute approximate surface area is 281 Å². The van der Waals surface area contributed by atoms with Crippen molar-refractivity contribution in [2.45, 2.75) is 24.9 Å². The monoisotopic (exact) mass is 663 g/mol. The van der Waals surface area contributed by atoms with Crippen LogP contribution in [0.15, 0.2) is 85.2 Å². The lowest BCUT2D eigenvalue weighted by atomic mass is 9.89. The molecule has 12 heteroatoms. The molecule has 2 amide bonds. The normalized spacial score (nSPS) is 16.4. The molecular formula is C37H35F2N7O3. The molecular weight excluding hydrogens is 628 g/mol. The highest BCUT2D eigenvalue weighted by Gasteiger charge is 2.42. The number of rotatable bonds is 8. The van der Waals surface area contributed by atoms with Gasteiger partial charge in [0.15, 0.2) is 5.82 Å². The molecule has 10 nitrogen and oxygen atoms in total. The number of amides is 2. The Morgan fingerprint density at radius 3 is 2.41 bits per heavy atom. The van der Waals surface area contributed by atoms with Gasteiger partial charge in [0, 0.05) is 73.4 Å². The summed E-state index contributed by atoms with van der Waals surface area (Å²) >= 11 is 0. The summed E-state index contributed by atoms with van der Waals surface area (Å²) in [4.78, 5) is 39.0. The number of ether oxygens (including phenoxy) is 1. The lowest BCUT2D eigenvalue weighted by Crippen LogP contribution is -2.54. The molecule has 1 saturated heterocycles. The highest BCUT2D eigenvalue weighted by molar-refractivity contribution is 6.01. The molecule has 0 spiro atoms. The fraction of sp³-hybridized carbons (Fsp3) is 0.270. The van der Waals surface area contributed by atoms with E-state index in [1.165, 1.54) is 25.3 Å². The summed E-state index contributed by atoms with van der Waals surface area (Å²) in [5.74, 6) is -0.462. The van der Waals surface area contributed by atoms with Crippen molar-refractivity contribution in [2.75, 3.05) is 45.2 Å². The average molecular weight is 664 g/mol. The van der Waals surface area contributed by atoms with Gasteiger partial charge in [0.05, 0.1) is 17.8 Å². The molecule has 2 N–H and O–H groups in total. The number of carbonyl (C=O) groups is 2. The second kappa shape index (κ2) is 13.7. The molecule has 0 saturated carbocycles. The third-order valence-corrected chi connectivity index (χ3v) is 9.47. The van der Waals surface area contributed by atoms with Crippen LogP contribution >= 0.6 is 0 Å². The molecule has 0 atom stereocenters. The molecule has 0 aliphatic carbocycles. The number of methoxy groups -OCH3 is 1. The lowest BCUT2D eigenvalue weighted by Gasteiger charge is -2.40. The van der Waals surface area contributed by atoms with Crippen molar-refractivity contribution in [3.05, 3.63) is 102 Å². The molecule has 250 valence electrons. The predicted octanol–water partition coefficient (Wildman–Crippen LogP) is 5.70. The summed E-state index contributed by atoms with van der Waals surface area (Å²) in [6.45, 7) is 2.16. The molecule has 0 unspecified atom stereocenters. The van der Waals surface area contributed by atoms with Crippen LogP contribution in [0.25, 0.3) is 39.1 Å². The Hall–Kier alpha value is -5.33. The van der Waals surface area contributed by atoms with Crippen LogP contribution in [0, 0.1) is 11.6 Å². The van der Waals surface area contributed by atoms with E-state index >= 15 is 4.39 Å². The number of anilines is 1. The Morgan fingerprint density at radius 1 is 0.959 bits per heavy atom. The van der Waals surface area contributed by atoms with E-state index in [0.29, 0.717) is 73.8 Å². The minimum absolute atomic E-state index is 0.00733. The number of nitrogens with zero attached hydrogens (tertiary/aromatic N) is 5. The Bertz CT molecular complexity index is 2020. The fourth-order valence-electron chi connectivity index (χ4n) is 6.56. The van der Waals surface area contributed by atoms with E-state index in [2.05, 4.69) is 25.5 Å². The largest absolute Gasteiger partial charge is 0.368 e. The zero-order valence-electron chi connectivity index (χ0n) is 27.0. The summed E-state index contributed by atoms with van der Waals surface area (Å²) in [5.41, 5.74) is 3.76.